The third-order valence-electron chi connectivity index (χ3n) is 6.81. The first-order valence-corrected chi connectivity index (χ1v) is 15.2. The third-order valence-corrected chi connectivity index (χ3v) is 8.62. The van der Waals surface area contributed by atoms with Crippen LogP contribution in [-0.4, -0.2) is 62.7 Å². The van der Waals surface area contributed by atoms with Crippen LogP contribution in [0.4, 0.5) is 5.69 Å². The molecule has 1 saturated heterocycles. The Bertz CT molecular complexity index is 1220. The van der Waals surface area contributed by atoms with Crippen LogP contribution in [0.2, 0.25) is 0 Å². The number of hydrogen-bond donors (Lipinski definition) is 1. The Balaban J connectivity index is 0.000000304. The lowest BCUT2D eigenvalue weighted by molar-refractivity contribution is -0.120. The van der Waals surface area contributed by atoms with E-state index in [0.29, 0.717) is 13.0 Å². The molecule has 0 bridgehead atoms. The number of carbonyl (C=O) groups excluding carboxylic acids is 1. The predicted molar refractivity (Wildman–Crippen MR) is 154 cm³/mol. The first-order valence-electron chi connectivity index (χ1n) is 12.8. The molecule has 2 aromatic carbocycles. The lowest BCUT2D eigenvalue weighted by Gasteiger charge is -2.48. The highest BCUT2D eigenvalue weighted by Gasteiger charge is 2.42. The van der Waals surface area contributed by atoms with E-state index in [2.05, 4.69) is 22.4 Å². The van der Waals surface area contributed by atoms with Gasteiger partial charge < -0.3 is 14.5 Å². The Morgan fingerprint density at radius 1 is 1.05 bits per heavy atom. The summed E-state index contributed by atoms with van der Waals surface area (Å²) in [6.07, 6.45) is 3.48. The molecular weight excluding hydrogens is 520 g/mol. The maximum atomic E-state index is 12.9. The van der Waals surface area contributed by atoms with E-state index in [1.165, 1.54) is 17.0 Å². The summed E-state index contributed by atoms with van der Waals surface area (Å²) < 4.78 is 35.2. The molecule has 3 aromatic rings. The maximum Gasteiger partial charge on any atom is 0.294 e. The SMILES string of the molecule is CCC(=O)N(c1ccccc1)C1(COC)CCN(CCc2cccs2)CC1.Cc1ccc(S(=O)(=O)O)cc1. The fourth-order valence-corrected chi connectivity index (χ4v) is 5.92. The summed E-state index contributed by atoms with van der Waals surface area (Å²) in [6.45, 7) is 7.43. The van der Waals surface area contributed by atoms with Crippen LogP contribution in [0, 0.1) is 6.92 Å². The number of piperidine rings is 1. The van der Waals surface area contributed by atoms with Gasteiger partial charge in [-0.05, 0) is 61.9 Å². The number of rotatable bonds is 9. The van der Waals surface area contributed by atoms with Gasteiger partial charge in [-0.25, -0.2) is 0 Å². The molecule has 7 nitrogen and oxygen atoms in total. The molecule has 1 fully saturated rings. The maximum absolute atomic E-state index is 12.9. The van der Waals surface area contributed by atoms with Crippen molar-refractivity contribution in [2.24, 2.45) is 0 Å². The van der Waals surface area contributed by atoms with Gasteiger partial charge in [0.25, 0.3) is 10.1 Å². The number of nitrogens with zero attached hydrogens (tertiary/aromatic N) is 2. The van der Waals surface area contributed by atoms with Crippen molar-refractivity contribution in [1.29, 1.82) is 0 Å². The topological polar surface area (TPSA) is 87.2 Å². The van der Waals surface area contributed by atoms with Crippen LogP contribution in [0.1, 0.15) is 36.6 Å². The fourth-order valence-electron chi connectivity index (χ4n) is 4.74. The Morgan fingerprint density at radius 3 is 2.24 bits per heavy atom. The quantitative estimate of drug-likeness (QED) is 0.351. The molecule has 38 heavy (non-hydrogen) atoms. The van der Waals surface area contributed by atoms with Crippen LogP contribution in [-0.2, 0) is 26.1 Å². The molecule has 0 saturated carbocycles. The normalized spacial score (nSPS) is 15.4. The van der Waals surface area contributed by atoms with Crippen LogP contribution in [0.5, 0.6) is 0 Å². The number of methoxy groups -OCH3 is 1. The molecule has 0 radical (unpaired) electrons. The van der Waals surface area contributed by atoms with Crippen LogP contribution in [0.25, 0.3) is 0 Å². The van der Waals surface area contributed by atoms with Crippen molar-refractivity contribution in [3.63, 3.8) is 0 Å². The van der Waals surface area contributed by atoms with Gasteiger partial charge in [0.1, 0.15) is 0 Å². The van der Waals surface area contributed by atoms with Crippen molar-refractivity contribution in [1.82, 2.24) is 4.90 Å². The van der Waals surface area contributed by atoms with Crippen molar-refractivity contribution in [2.45, 2.75) is 50.0 Å². The Labute approximate surface area is 230 Å². The van der Waals surface area contributed by atoms with Crippen LogP contribution in [0.15, 0.2) is 77.0 Å². The molecule has 1 N–H and O–H groups in total. The summed E-state index contributed by atoms with van der Waals surface area (Å²) in [4.78, 5) is 18.8. The number of hydrogen-bond acceptors (Lipinski definition) is 6. The van der Waals surface area contributed by atoms with Crippen LogP contribution >= 0.6 is 11.3 Å². The summed E-state index contributed by atoms with van der Waals surface area (Å²) >= 11 is 1.83. The minimum absolute atomic E-state index is 0.0666. The molecule has 206 valence electrons. The average molecular weight is 559 g/mol. The molecule has 1 amide bonds. The lowest BCUT2D eigenvalue weighted by atomic mass is 9.85. The Kier molecular flexibility index (Phi) is 11.1. The number of thiophene rings is 1. The number of carbonyl (C=O) groups is 1. The van der Waals surface area contributed by atoms with Gasteiger partial charge in [-0.3, -0.25) is 9.35 Å². The van der Waals surface area contributed by atoms with Gasteiger partial charge in [-0.15, -0.1) is 11.3 Å². The zero-order valence-corrected chi connectivity index (χ0v) is 24.0. The second kappa shape index (κ2) is 14.0. The van der Waals surface area contributed by atoms with Gasteiger partial charge in [0.2, 0.25) is 5.91 Å². The monoisotopic (exact) mass is 558 g/mol. The molecule has 0 aliphatic carbocycles. The van der Waals surface area contributed by atoms with E-state index in [4.69, 9.17) is 9.29 Å². The molecule has 4 rings (SSSR count). The largest absolute Gasteiger partial charge is 0.382 e. The van der Waals surface area contributed by atoms with E-state index in [9.17, 15) is 13.2 Å². The summed E-state index contributed by atoms with van der Waals surface area (Å²) in [5, 5.41) is 2.14. The molecule has 2 heterocycles. The molecule has 0 unspecified atom stereocenters. The number of amides is 1. The molecule has 1 aliphatic rings. The number of likely N-dealkylation sites (tertiary alicyclic amines) is 1. The van der Waals surface area contributed by atoms with Gasteiger partial charge in [-0.2, -0.15) is 8.42 Å². The lowest BCUT2D eigenvalue weighted by Crippen LogP contribution is -2.60. The molecule has 0 spiro atoms. The highest BCUT2D eigenvalue weighted by molar-refractivity contribution is 7.85. The van der Waals surface area contributed by atoms with Gasteiger partial charge in [0.05, 0.1) is 17.0 Å². The van der Waals surface area contributed by atoms with Crippen LogP contribution in [0.3, 0.4) is 0 Å². The summed E-state index contributed by atoms with van der Waals surface area (Å²) in [5.74, 6) is 0.172. The van der Waals surface area contributed by atoms with Gasteiger partial charge in [0, 0.05) is 43.7 Å². The number of aryl methyl sites for hydroxylation is 1. The zero-order chi connectivity index (χ0) is 27.6. The highest BCUT2D eigenvalue weighted by Crippen LogP contribution is 2.34. The second-order valence-corrected chi connectivity index (χ2v) is 12.0. The third kappa shape index (κ3) is 8.22. The summed E-state index contributed by atoms with van der Waals surface area (Å²) in [6, 6.07) is 20.4. The van der Waals surface area contributed by atoms with Crippen molar-refractivity contribution < 1.29 is 22.5 Å². The van der Waals surface area contributed by atoms with Gasteiger partial charge in [-0.1, -0.05) is 48.9 Å². The Morgan fingerprint density at radius 2 is 1.71 bits per heavy atom. The number of para-hydroxylation sites is 1. The van der Waals surface area contributed by atoms with E-state index in [1.807, 2.05) is 60.4 Å². The number of ether oxygens (including phenoxy) is 1. The highest BCUT2D eigenvalue weighted by atomic mass is 32.2. The second-order valence-electron chi connectivity index (χ2n) is 9.53. The smallest absolute Gasteiger partial charge is 0.294 e. The van der Waals surface area contributed by atoms with Crippen molar-refractivity contribution in [2.75, 3.05) is 38.3 Å². The fraction of sp³-hybridized carbons (Fsp3) is 0.414. The first-order chi connectivity index (χ1) is 18.2. The number of benzene rings is 2. The summed E-state index contributed by atoms with van der Waals surface area (Å²) in [7, 11) is -2.28. The van der Waals surface area contributed by atoms with E-state index < -0.39 is 10.1 Å². The molecule has 1 aliphatic heterocycles. The first kappa shape index (κ1) is 30.0. The molecule has 0 atom stereocenters. The molecular formula is C29H38N2O5S2. The van der Waals surface area contributed by atoms with E-state index in [-0.39, 0.29) is 16.3 Å². The van der Waals surface area contributed by atoms with Crippen molar-refractivity contribution in [3.8, 4) is 0 Å². The van der Waals surface area contributed by atoms with Crippen molar-refractivity contribution in [3.05, 3.63) is 82.6 Å². The predicted octanol–water partition coefficient (Wildman–Crippen LogP) is 5.46. The van der Waals surface area contributed by atoms with Crippen molar-refractivity contribution >= 4 is 33.0 Å². The average Bonchev–Trinajstić information content (AvgIpc) is 3.43. The van der Waals surface area contributed by atoms with E-state index >= 15 is 0 Å². The van der Waals surface area contributed by atoms with E-state index in [0.717, 1.165) is 50.1 Å². The minimum Gasteiger partial charge on any atom is -0.382 e. The van der Waals surface area contributed by atoms with Gasteiger partial charge >= 0.3 is 0 Å². The molecule has 1 aromatic heterocycles. The Hall–Kier alpha value is -2.56. The number of anilines is 1. The summed E-state index contributed by atoms with van der Waals surface area (Å²) in [5.41, 5.74) is 1.67. The molecule has 9 heteroatoms. The van der Waals surface area contributed by atoms with Crippen LogP contribution < -0.4 is 4.90 Å². The van der Waals surface area contributed by atoms with Gasteiger partial charge in [0.15, 0.2) is 0 Å². The zero-order valence-electron chi connectivity index (χ0n) is 22.4. The standard InChI is InChI=1S/C22H30N2O2S.C7H8O3S/c1-3-21(25)24(19-8-5-4-6-9-19)22(18-26-2)12-15-23(16-13-22)14-11-20-10-7-17-27-20;1-6-2-4-7(5-3-6)11(8,9)10/h4-10,17H,3,11-16,18H2,1-2H3;2-5H,1H3,(H,8,9,10). The minimum atomic E-state index is -4.02. The van der Waals surface area contributed by atoms with E-state index in [1.54, 1.807) is 19.2 Å².